The number of rotatable bonds is 8. The molecule has 0 bridgehead atoms. The number of hydrogen-bond donors (Lipinski definition) is 1. The van der Waals surface area contributed by atoms with Gasteiger partial charge in [-0.25, -0.2) is 0 Å². The van der Waals surface area contributed by atoms with Crippen molar-refractivity contribution in [2.24, 2.45) is 0 Å². The van der Waals surface area contributed by atoms with Crippen molar-refractivity contribution in [3.05, 3.63) is 59.4 Å². The number of nitrogens with one attached hydrogen (secondary N) is 1. The Morgan fingerprint density at radius 3 is 2.50 bits per heavy atom. The average Bonchev–Trinajstić information content (AvgIpc) is 3.09. The summed E-state index contributed by atoms with van der Waals surface area (Å²) < 4.78 is 13.4. The second kappa shape index (κ2) is 10.7. The fourth-order valence-electron chi connectivity index (χ4n) is 3.42. The van der Waals surface area contributed by atoms with Gasteiger partial charge in [0.25, 0.3) is 0 Å². The van der Waals surface area contributed by atoms with E-state index >= 15 is 0 Å². The predicted octanol–water partition coefficient (Wildman–Crippen LogP) is 4.66. The van der Waals surface area contributed by atoms with Gasteiger partial charge in [0.15, 0.2) is 11.0 Å². The van der Waals surface area contributed by atoms with Crippen LogP contribution < -0.4 is 14.8 Å². The van der Waals surface area contributed by atoms with Crippen LogP contribution in [0, 0.1) is 0 Å². The van der Waals surface area contributed by atoms with Crippen LogP contribution in [0.25, 0.3) is 5.69 Å². The maximum absolute atomic E-state index is 12.5. The van der Waals surface area contributed by atoms with E-state index in [2.05, 4.69) is 15.5 Å². The topological polar surface area (TPSA) is 78.3 Å². The van der Waals surface area contributed by atoms with Gasteiger partial charge >= 0.3 is 0 Å². The first-order valence-electron chi connectivity index (χ1n) is 10.6. The number of carbonyl (C=O) groups is 1. The molecule has 168 valence electrons. The minimum Gasteiger partial charge on any atom is -0.494 e. The van der Waals surface area contributed by atoms with E-state index in [1.807, 2.05) is 60.0 Å². The molecule has 2 aromatic carbocycles. The van der Waals surface area contributed by atoms with E-state index in [4.69, 9.17) is 21.1 Å². The molecule has 7 nitrogen and oxygen atoms in total. The zero-order valence-corrected chi connectivity index (χ0v) is 19.4. The van der Waals surface area contributed by atoms with Crippen LogP contribution in [0.2, 0.25) is 5.02 Å². The summed E-state index contributed by atoms with van der Waals surface area (Å²) in [5.74, 6) is 2.18. The van der Waals surface area contributed by atoms with E-state index in [-0.39, 0.29) is 17.8 Å². The van der Waals surface area contributed by atoms with Crippen molar-refractivity contribution in [2.75, 3.05) is 13.2 Å². The maximum atomic E-state index is 12.5. The molecular formula is C23H25ClN4O3S. The molecule has 2 heterocycles. The molecule has 1 aliphatic rings. The zero-order chi connectivity index (χ0) is 22.3. The molecule has 0 saturated carbocycles. The Hall–Kier alpha value is -2.71. The van der Waals surface area contributed by atoms with Gasteiger partial charge in [-0.3, -0.25) is 9.36 Å². The van der Waals surface area contributed by atoms with E-state index in [1.165, 1.54) is 11.8 Å². The van der Waals surface area contributed by atoms with Crippen LogP contribution in [0.15, 0.2) is 53.7 Å². The largest absolute Gasteiger partial charge is 0.494 e. The Balaban J connectivity index is 1.57. The minimum absolute atomic E-state index is 0.0466. The van der Waals surface area contributed by atoms with Gasteiger partial charge in [0.05, 0.1) is 11.9 Å². The number of amides is 1. The number of benzene rings is 2. The number of aromatic nitrogens is 3. The molecule has 1 unspecified atom stereocenters. The molecule has 1 saturated heterocycles. The number of halogens is 1. The van der Waals surface area contributed by atoms with Crippen molar-refractivity contribution < 1.29 is 14.3 Å². The van der Waals surface area contributed by atoms with Crippen molar-refractivity contribution >= 4 is 29.3 Å². The summed E-state index contributed by atoms with van der Waals surface area (Å²) in [7, 11) is 0. The Morgan fingerprint density at radius 1 is 1.06 bits per heavy atom. The van der Waals surface area contributed by atoms with Crippen LogP contribution >= 0.6 is 23.4 Å². The zero-order valence-electron chi connectivity index (χ0n) is 17.8. The standard InChI is InChI=1S/C23H25ClN4O3S/c1-2-30-18-10-12-19(13-11-18)31-15-21-26-27-23(28(21)17-8-6-16(24)7-9-17)32-20-5-3-4-14-25-22(20)29/h6-13,20H,2-5,14-15H2,1H3,(H,25,29). The number of thioether (sulfide) groups is 1. The molecule has 1 fully saturated rings. The summed E-state index contributed by atoms with van der Waals surface area (Å²) in [5, 5.41) is 12.8. The van der Waals surface area contributed by atoms with Gasteiger partial charge in [-0.05, 0) is 68.3 Å². The van der Waals surface area contributed by atoms with Crippen molar-refractivity contribution in [2.45, 2.75) is 43.2 Å². The molecule has 1 atom stereocenters. The first-order chi connectivity index (χ1) is 15.6. The van der Waals surface area contributed by atoms with Gasteiger partial charge in [-0.1, -0.05) is 29.8 Å². The van der Waals surface area contributed by atoms with Crippen LogP contribution in [0.1, 0.15) is 32.0 Å². The summed E-state index contributed by atoms with van der Waals surface area (Å²) in [4.78, 5) is 12.5. The number of hydrogen-bond acceptors (Lipinski definition) is 6. The van der Waals surface area contributed by atoms with Gasteiger partial charge in [0, 0.05) is 17.3 Å². The Bertz CT molecular complexity index is 1040. The Morgan fingerprint density at radius 2 is 1.78 bits per heavy atom. The first-order valence-corrected chi connectivity index (χ1v) is 11.9. The molecule has 0 aliphatic carbocycles. The number of carbonyl (C=O) groups excluding carboxylic acids is 1. The van der Waals surface area contributed by atoms with Gasteiger partial charge in [0.2, 0.25) is 5.91 Å². The highest BCUT2D eigenvalue weighted by Crippen LogP contribution is 2.30. The van der Waals surface area contributed by atoms with Crippen molar-refractivity contribution in [3.8, 4) is 17.2 Å². The molecule has 0 radical (unpaired) electrons. The molecule has 4 rings (SSSR count). The average molecular weight is 473 g/mol. The third kappa shape index (κ3) is 5.55. The number of ether oxygens (including phenoxy) is 2. The molecule has 9 heteroatoms. The van der Waals surface area contributed by atoms with Crippen LogP contribution in [0.3, 0.4) is 0 Å². The third-order valence-corrected chi connectivity index (χ3v) is 6.48. The second-order valence-electron chi connectivity index (χ2n) is 7.30. The molecule has 3 aromatic rings. The van der Waals surface area contributed by atoms with Gasteiger partial charge in [0.1, 0.15) is 18.1 Å². The summed E-state index contributed by atoms with van der Waals surface area (Å²) in [6, 6.07) is 14.9. The molecular weight excluding hydrogens is 448 g/mol. The normalized spacial score (nSPS) is 16.3. The van der Waals surface area contributed by atoms with Crippen LogP contribution in [0.5, 0.6) is 11.5 Å². The van der Waals surface area contributed by atoms with Gasteiger partial charge in [-0.15, -0.1) is 10.2 Å². The molecule has 1 aliphatic heterocycles. The van der Waals surface area contributed by atoms with E-state index in [9.17, 15) is 4.79 Å². The lowest BCUT2D eigenvalue weighted by atomic mass is 10.2. The molecule has 32 heavy (non-hydrogen) atoms. The van der Waals surface area contributed by atoms with Crippen molar-refractivity contribution in [1.29, 1.82) is 0 Å². The Labute approximate surface area is 196 Å². The number of nitrogens with zero attached hydrogens (tertiary/aromatic N) is 3. The van der Waals surface area contributed by atoms with Crippen LogP contribution in [-0.4, -0.2) is 39.1 Å². The SMILES string of the molecule is CCOc1ccc(OCc2nnc(SC3CCCCNC3=O)n2-c2ccc(Cl)cc2)cc1. The predicted molar refractivity (Wildman–Crippen MR) is 125 cm³/mol. The van der Waals surface area contributed by atoms with Gasteiger partial charge < -0.3 is 14.8 Å². The lowest BCUT2D eigenvalue weighted by Gasteiger charge is -2.15. The molecule has 1 amide bonds. The highest BCUT2D eigenvalue weighted by molar-refractivity contribution is 8.00. The molecule has 1 aromatic heterocycles. The summed E-state index contributed by atoms with van der Waals surface area (Å²) in [6.45, 7) is 3.51. The molecule has 0 spiro atoms. The van der Waals surface area contributed by atoms with Crippen LogP contribution in [0.4, 0.5) is 0 Å². The first kappa shape index (κ1) is 22.5. The van der Waals surface area contributed by atoms with Gasteiger partial charge in [-0.2, -0.15) is 0 Å². The van der Waals surface area contributed by atoms with Crippen molar-refractivity contribution in [1.82, 2.24) is 20.1 Å². The quantitative estimate of drug-likeness (QED) is 0.513. The highest BCUT2D eigenvalue weighted by atomic mass is 35.5. The van der Waals surface area contributed by atoms with E-state index in [0.29, 0.717) is 28.4 Å². The minimum atomic E-state index is -0.201. The summed E-state index contributed by atoms with van der Waals surface area (Å²) in [6.07, 6.45) is 2.80. The summed E-state index contributed by atoms with van der Waals surface area (Å²) in [5.41, 5.74) is 0.862. The fraction of sp³-hybridized carbons (Fsp3) is 0.348. The Kier molecular flexibility index (Phi) is 7.55. The third-order valence-electron chi connectivity index (χ3n) is 5.02. The van der Waals surface area contributed by atoms with Crippen LogP contribution in [-0.2, 0) is 11.4 Å². The van der Waals surface area contributed by atoms with E-state index in [0.717, 1.165) is 37.2 Å². The van der Waals surface area contributed by atoms with E-state index in [1.54, 1.807) is 0 Å². The smallest absolute Gasteiger partial charge is 0.233 e. The lowest BCUT2D eigenvalue weighted by Crippen LogP contribution is -2.30. The molecule has 1 N–H and O–H groups in total. The monoisotopic (exact) mass is 472 g/mol. The highest BCUT2D eigenvalue weighted by Gasteiger charge is 2.26. The fourth-order valence-corrected chi connectivity index (χ4v) is 4.68. The summed E-state index contributed by atoms with van der Waals surface area (Å²) >= 11 is 7.52. The van der Waals surface area contributed by atoms with Crippen molar-refractivity contribution in [3.63, 3.8) is 0 Å². The van der Waals surface area contributed by atoms with E-state index < -0.39 is 0 Å². The second-order valence-corrected chi connectivity index (χ2v) is 8.90. The maximum Gasteiger partial charge on any atom is 0.233 e. The lowest BCUT2D eigenvalue weighted by molar-refractivity contribution is -0.120.